The van der Waals surface area contributed by atoms with Crippen molar-refractivity contribution >= 4 is 5.57 Å². The highest BCUT2D eigenvalue weighted by molar-refractivity contribution is 5.63. The van der Waals surface area contributed by atoms with Gasteiger partial charge in [-0.2, -0.15) is 0 Å². The number of imidazole rings is 1. The first-order valence-corrected chi connectivity index (χ1v) is 14.3. The molecular formula is C29H42N6O2. The maximum absolute atomic E-state index is 9.92. The molecule has 6 rings (SSSR count). The molecule has 4 heterocycles. The number of morpholine rings is 1. The number of aromatic nitrogens is 2. The molecule has 37 heavy (non-hydrogen) atoms. The van der Waals surface area contributed by atoms with Gasteiger partial charge in [0.2, 0.25) is 0 Å². The van der Waals surface area contributed by atoms with Gasteiger partial charge in [0.05, 0.1) is 31.1 Å². The van der Waals surface area contributed by atoms with E-state index in [0.717, 1.165) is 77.6 Å². The van der Waals surface area contributed by atoms with Gasteiger partial charge in [-0.3, -0.25) is 15.2 Å². The topological polar surface area (TPSA) is 88.7 Å². The van der Waals surface area contributed by atoms with E-state index in [9.17, 15) is 5.11 Å². The van der Waals surface area contributed by atoms with Crippen LogP contribution in [0.2, 0.25) is 0 Å². The molecule has 8 nitrogen and oxygen atoms in total. The lowest BCUT2D eigenvalue weighted by Crippen LogP contribution is -2.42. The Morgan fingerprint density at radius 3 is 2.76 bits per heavy atom. The van der Waals surface area contributed by atoms with Crippen molar-refractivity contribution in [3.63, 3.8) is 0 Å². The van der Waals surface area contributed by atoms with E-state index in [1.165, 1.54) is 35.2 Å². The maximum atomic E-state index is 9.92. The van der Waals surface area contributed by atoms with E-state index in [2.05, 4.69) is 44.7 Å². The summed E-state index contributed by atoms with van der Waals surface area (Å²) in [5, 5.41) is 9.92. The van der Waals surface area contributed by atoms with E-state index < -0.39 is 0 Å². The monoisotopic (exact) mass is 506 g/mol. The van der Waals surface area contributed by atoms with Crippen molar-refractivity contribution in [1.29, 1.82) is 0 Å². The summed E-state index contributed by atoms with van der Waals surface area (Å²) in [5.41, 5.74) is 12.4. The van der Waals surface area contributed by atoms with Gasteiger partial charge >= 0.3 is 0 Å². The molecule has 1 aromatic heterocycles. The Kier molecular flexibility index (Phi) is 7.62. The summed E-state index contributed by atoms with van der Waals surface area (Å²) in [6.07, 6.45) is 9.91. The van der Waals surface area contributed by atoms with Gasteiger partial charge in [-0.05, 0) is 72.8 Å². The van der Waals surface area contributed by atoms with E-state index in [0.29, 0.717) is 23.6 Å². The lowest BCUT2D eigenvalue weighted by atomic mass is 9.73. The Hall–Kier alpha value is -2.23. The van der Waals surface area contributed by atoms with E-state index in [-0.39, 0.29) is 6.04 Å². The van der Waals surface area contributed by atoms with Gasteiger partial charge < -0.3 is 14.8 Å². The average molecular weight is 507 g/mol. The highest BCUT2D eigenvalue weighted by Gasteiger charge is 2.42. The quantitative estimate of drug-likeness (QED) is 0.459. The van der Waals surface area contributed by atoms with Crippen LogP contribution in [0.15, 0.2) is 30.5 Å². The van der Waals surface area contributed by atoms with Crippen LogP contribution in [0.25, 0.3) is 5.57 Å². The Bertz CT molecular complexity index is 1090. The van der Waals surface area contributed by atoms with Gasteiger partial charge in [0, 0.05) is 45.3 Å². The standard InChI is InChI=1S/C29H42N6O2/c1-2-20-17-23(36)4-6-24(20)22-3-5-25-26(18-22)32-33-28(25)29-30-19-27(31-29)21-7-9-34(10-8-21)11-12-35-13-15-37-16-14-35/h4,6-7,17,19,22,25-26,28,32-33,36H,2-3,5,8-16,18H2,1H3,(H,30,31). The lowest BCUT2D eigenvalue weighted by molar-refractivity contribution is 0.0338. The van der Waals surface area contributed by atoms with E-state index in [1.54, 1.807) is 0 Å². The summed E-state index contributed by atoms with van der Waals surface area (Å²) < 4.78 is 5.47. The van der Waals surface area contributed by atoms with Gasteiger partial charge in [-0.1, -0.05) is 19.1 Å². The number of fused-ring (bicyclic) bond motifs is 1. The van der Waals surface area contributed by atoms with Crippen molar-refractivity contribution < 1.29 is 9.84 Å². The number of aromatic amines is 1. The van der Waals surface area contributed by atoms with Gasteiger partial charge in [-0.15, -0.1) is 0 Å². The summed E-state index contributed by atoms with van der Waals surface area (Å²) in [4.78, 5) is 13.6. The minimum absolute atomic E-state index is 0.222. The fraction of sp³-hybridized carbons (Fsp3) is 0.621. The molecule has 4 aliphatic rings. The molecule has 1 saturated carbocycles. The van der Waals surface area contributed by atoms with E-state index in [4.69, 9.17) is 9.72 Å². The van der Waals surface area contributed by atoms with Crippen molar-refractivity contribution in [2.75, 3.05) is 52.5 Å². The van der Waals surface area contributed by atoms with Crippen molar-refractivity contribution in [1.82, 2.24) is 30.6 Å². The van der Waals surface area contributed by atoms with Crippen LogP contribution in [0, 0.1) is 5.92 Å². The average Bonchev–Trinajstić information content (AvgIpc) is 3.60. The SMILES string of the molecule is CCc1cc(O)ccc1C1CCC2C(C1)NNC2c1ncc(C2=CCN(CCN3CCOCC3)CC2)[nH]1. The van der Waals surface area contributed by atoms with Crippen LogP contribution in [-0.4, -0.2) is 83.4 Å². The Morgan fingerprint density at radius 2 is 1.95 bits per heavy atom. The molecule has 1 aromatic carbocycles. The number of H-pyrrole nitrogens is 1. The van der Waals surface area contributed by atoms with Crippen LogP contribution < -0.4 is 10.9 Å². The van der Waals surface area contributed by atoms with Crippen LogP contribution in [0.3, 0.4) is 0 Å². The van der Waals surface area contributed by atoms with E-state index in [1.807, 2.05) is 18.3 Å². The summed E-state index contributed by atoms with van der Waals surface area (Å²) in [6, 6.07) is 6.58. The van der Waals surface area contributed by atoms with Gasteiger partial charge in [0.25, 0.3) is 0 Å². The van der Waals surface area contributed by atoms with Crippen molar-refractivity contribution in [2.24, 2.45) is 5.92 Å². The number of aryl methyl sites for hydroxylation is 1. The third-order valence-electron chi connectivity index (χ3n) is 9.07. The molecule has 4 unspecified atom stereocenters. The number of aromatic hydroxyl groups is 1. The molecule has 4 N–H and O–H groups in total. The van der Waals surface area contributed by atoms with Crippen LogP contribution in [0.1, 0.15) is 67.2 Å². The number of phenols is 1. The molecule has 2 saturated heterocycles. The highest BCUT2D eigenvalue weighted by atomic mass is 16.5. The summed E-state index contributed by atoms with van der Waals surface area (Å²) >= 11 is 0. The first kappa shape index (κ1) is 25.1. The van der Waals surface area contributed by atoms with Crippen molar-refractivity contribution in [3.8, 4) is 5.75 Å². The molecule has 3 aliphatic heterocycles. The smallest absolute Gasteiger partial charge is 0.125 e. The Labute approximate surface area is 220 Å². The highest BCUT2D eigenvalue weighted by Crippen LogP contribution is 2.44. The second-order valence-electron chi connectivity index (χ2n) is 11.2. The molecule has 4 atom stereocenters. The second kappa shape index (κ2) is 11.3. The van der Waals surface area contributed by atoms with Crippen molar-refractivity contribution in [2.45, 2.75) is 57.0 Å². The molecule has 1 aliphatic carbocycles. The molecule has 0 radical (unpaired) electrons. The first-order valence-electron chi connectivity index (χ1n) is 14.3. The first-order chi connectivity index (χ1) is 18.2. The minimum atomic E-state index is 0.222. The molecule has 0 spiro atoms. The van der Waals surface area contributed by atoms with Crippen LogP contribution >= 0.6 is 0 Å². The number of hydrazine groups is 1. The minimum Gasteiger partial charge on any atom is -0.508 e. The molecule has 0 amide bonds. The third-order valence-corrected chi connectivity index (χ3v) is 9.07. The predicted octanol–water partition coefficient (Wildman–Crippen LogP) is 3.20. The number of benzene rings is 1. The number of nitrogens with one attached hydrogen (secondary N) is 3. The zero-order valence-electron chi connectivity index (χ0n) is 22.1. The van der Waals surface area contributed by atoms with Crippen LogP contribution in [0.5, 0.6) is 5.75 Å². The zero-order valence-corrected chi connectivity index (χ0v) is 22.1. The van der Waals surface area contributed by atoms with Crippen LogP contribution in [0.4, 0.5) is 0 Å². The fourth-order valence-corrected chi connectivity index (χ4v) is 6.84. The molecular weight excluding hydrogens is 464 g/mol. The number of rotatable bonds is 7. The second-order valence-corrected chi connectivity index (χ2v) is 11.2. The Balaban J connectivity index is 1.04. The van der Waals surface area contributed by atoms with Gasteiger partial charge in [-0.25, -0.2) is 10.4 Å². The molecule has 0 bridgehead atoms. The Morgan fingerprint density at radius 1 is 1.08 bits per heavy atom. The summed E-state index contributed by atoms with van der Waals surface area (Å²) in [6.45, 7) is 10.4. The van der Waals surface area contributed by atoms with Gasteiger partial charge in [0.15, 0.2) is 0 Å². The molecule has 3 fully saturated rings. The number of hydrogen-bond acceptors (Lipinski definition) is 7. The van der Waals surface area contributed by atoms with E-state index >= 15 is 0 Å². The predicted molar refractivity (Wildman–Crippen MR) is 145 cm³/mol. The number of hydrogen-bond donors (Lipinski definition) is 4. The maximum Gasteiger partial charge on any atom is 0.125 e. The lowest BCUT2D eigenvalue weighted by Gasteiger charge is -2.33. The number of ether oxygens (including phenoxy) is 1. The van der Waals surface area contributed by atoms with Crippen molar-refractivity contribution in [3.05, 3.63) is 53.1 Å². The zero-order chi connectivity index (χ0) is 25.2. The summed E-state index contributed by atoms with van der Waals surface area (Å²) in [7, 11) is 0. The largest absolute Gasteiger partial charge is 0.508 e. The molecule has 200 valence electrons. The fourth-order valence-electron chi connectivity index (χ4n) is 6.84. The van der Waals surface area contributed by atoms with Crippen LogP contribution in [-0.2, 0) is 11.2 Å². The summed E-state index contributed by atoms with van der Waals surface area (Å²) in [5.74, 6) is 2.50. The number of phenolic OH excluding ortho intramolecular Hbond substituents is 1. The number of nitrogens with zero attached hydrogens (tertiary/aromatic N) is 3. The molecule has 8 heteroatoms. The third kappa shape index (κ3) is 5.49. The normalized spacial score (nSPS) is 29.3. The van der Waals surface area contributed by atoms with Gasteiger partial charge in [0.1, 0.15) is 11.6 Å². The molecule has 2 aromatic rings.